The molecule has 0 heterocycles. The summed E-state index contributed by atoms with van der Waals surface area (Å²) in [6, 6.07) is 0. The monoisotopic (exact) mass is 280 g/mol. The minimum Gasteiger partial charge on any atom is -0.478 e. The lowest BCUT2D eigenvalue weighted by molar-refractivity contribution is -0.184. The van der Waals surface area contributed by atoms with Crippen LogP contribution in [0.1, 0.15) is 45.4 Å². The van der Waals surface area contributed by atoms with Gasteiger partial charge in [0.1, 0.15) is 0 Å². The van der Waals surface area contributed by atoms with E-state index in [0.29, 0.717) is 17.8 Å². The largest absolute Gasteiger partial charge is 0.478 e. The summed E-state index contributed by atoms with van der Waals surface area (Å²) in [6.07, 6.45) is 4.37. The molecule has 4 bridgehead atoms. The van der Waals surface area contributed by atoms with Crippen molar-refractivity contribution in [3.63, 3.8) is 0 Å². The Morgan fingerprint density at radius 2 is 1.50 bits per heavy atom. The average molecular weight is 280 g/mol. The van der Waals surface area contributed by atoms with Gasteiger partial charge in [-0.2, -0.15) is 0 Å². The fourth-order valence-corrected chi connectivity index (χ4v) is 4.90. The van der Waals surface area contributed by atoms with Crippen molar-refractivity contribution in [1.82, 2.24) is 0 Å². The molecule has 1 unspecified atom stereocenters. The maximum atomic E-state index is 12.5. The number of carbonyl (C=O) groups is 3. The number of ketones is 1. The van der Waals surface area contributed by atoms with E-state index in [1.54, 1.807) is 0 Å². The Balaban J connectivity index is 1.77. The molecule has 0 radical (unpaired) electrons. The molecule has 20 heavy (non-hydrogen) atoms. The van der Waals surface area contributed by atoms with Gasteiger partial charge in [-0.25, -0.2) is 4.79 Å². The summed E-state index contributed by atoms with van der Waals surface area (Å²) in [5.41, 5.74) is -0.516. The molecule has 0 aromatic rings. The third-order valence-corrected chi connectivity index (χ3v) is 5.29. The van der Waals surface area contributed by atoms with Crippen LogP contribution in [0.25, 0.3) is 0 Å². The SMILES string of the molecule is CC(=O)C(OC(=O)C12CC3CC(CC(C3)C1)C2)C(=O)O. The summed E-state index contributed by atoms with van der Waals surface area (Å²) in [5, 5.41) is 8.98. The number of carboxylic acid groups (broad SMARTS) is 1. The molecule has 0 amide bonds. The Morgan fingerprint density at radius 1 is 1.05 bits per heavy atom. The normalized spacial score (nSPS) is 39.4. The first-order valence-electron chi connectivity index (χ1n) is 7.34. The molecule has 4 aliphatic rings. The van der Waals surface area contributed by atoms with E-state index in [2.05, 4.69) is 0 Å². The van der Waals surface area contributed by atoms with E-state index >= 15 is 0 Å². The Morgan fingerprint density at radius 3 is 1.85 bits per heavy atom. The number of ether oxygens (including phenoxy) is 1. The molecule has 4 aliphatic carbocycles. The minimum absolute atomic E-state index is 0.459. The van der Waals surface area contributed by atoms with Crippen LogP contribution in [0.15, 0.2) is 0 Å². The lowest BCUT2D eigenvalue weighted by Crippen LogP contribution is -2.52. The van der Waals surface area contributed by atoms with Gasteiger partial charge in [-0.3, -0.25) is 9.59 Å². The highest BCUT2D eigenvalue weighted by atomic mass is 16.6. The van der Waals surface area contributed by atoms with Crippen LogP contribution in [0.2, 0.25) is 0 Å². The fourth-order valence-electron chi connectivity index (χ4n) is 4.90. The molecule has 4 fully saturated rings. The molecular weight excluding hydrogens is 260 g/mol. The van der Waals surface area contributed by atoms with Crippen molar-refractivity contribution >= 4 is 17.7 Å². The second-order valence-corrected chi connectivity index (χ2v) is 6.93. The third-order valence-electron chi connectivity index (χ3n) is 5.29. The predicted octanol–water partition coefficient (Wildman–Crippen LogP) is 1.79. The summed E-state index contributed by atoms with van der Waals surface area (Å²) < 4.78 is 5.07. The van der Waals surface area contributed by atoms with Crippen molar-refractivity contribution in [2.24, 2.45) is 23.2 Å². The van der Waals surface area contributed by atoms with Crippen LogP contribution in [0.5, 0.6) is 0 Å². The number of esters is 1. The molecule has 4 saturated carbocycles. The summed E-state index contributed by atoms with van der Waals surface area (Å²) in [7, 11) is 0. The molecule has 0 spiro atoms. The van der Waals surface area contributed by atoms with Crippen molar-refractivity contribution in [1.29, 1.82) is 0 Å². The van der Waals surface area contributed by atoms with Crippen LogP contribution in [0, 0.1) is 23.2 Å². The number of Topliss-reactive ketones (excluding diaryl/α,β-unsaturated/α-hetero) is 1. The van der Waals surface area contributed by atoms with Gasteiger partial charge in [0.05, 0.1) is 5.41 Å². The summed E-state index contributed by atoms with van der Waals surface area (Å²) in [4.78, 5) is 34.8. The van der Waals surface area contributed by atoms with E-state index in [9.17, 15) is 14.4 Å². The second-order valence-electron chi connectivity index (χ2n) is 6.93. The number of aliphatic carboxylic acids is 1. The molecule has 110 valence electrons. The van der Waals surface area contributed by atoms with Crippen molar-refractivity contribution < 1.29 is 24.2 Å². The third kappa shape index (κ3) is 2.13. The molecule has 5 heteroatoms. The smallest absolute Gasteiger partial charge is 0.352 e. The maximum Gasteiger partial charge on any atom is 0.352 e. The molecular formula is C15H20O5. The Hall–Kier alpha value is -1.39. The molecule has 1 N–H and O–H groups in total. The van der Waals surface area contributed by atoms with Crippen LogP contribution >= 0.6 is 0 Å². The molecule has 0 saturated heterocycles. The summed E-state index contributed by atoms with van der Waals surface area (Å²) in [6.45, 7) is 1.14. The van der Waals surface area contributed by atoms with Gasteiger partial charge >= 0.3 is 11.9 Å². The Kier molecular flexibility index (Phi) is 3.10. The van der Waals surface area contributed by atoms with E-state index in [0.717, 1.165) is 26.2 Å². The van der Waals surface area contributed by atoms with E-state index in [4.69, 9.17) is 9.84 Å². The first kappa shape index (κ1) is 13.6. The fraction of sp³-hybridized carbons (Fsp3) is 0.800. The molecule has 4 rings (SSSR count). The minimum atomic E-state index is -1.64. The van der Waals surface area contributed by atoms with Crippen molar-refractivity contribution in [2.75, 3.05) is 0 Å². The quantitative estimate of drug-likeness (QED) is 0.627. The standard InChI is InChI=1S/C15H20O5/c1-8(16)12(13(17)18)20-14(19)15-5-9-2-10(6-15)4-11(3-9)7-15/h9-12H,2-7H2,1H3,(H,17,18). The van der Waals surface area contributed by atoms with Gasteiger partial charge in [-0.15, -0.1) is 0 Å². The summed E-state index contributed by atoms with van der Waals surface area (Å²) >= 11 is 0. The maximum absolute atomic E-state index is 12.5. The van der Waals surface area contributed by atoms with E-state index in [1.807, 2.05) is 0 Å². The Bertz CT molecular complexity index is 418. The van der Waals surface area contributed by atoms with Gasteiger partial charge in [-0.1, -0.05) is 0 Å². The summed E-state index contributed by atoms with van der Waals surface area (Å²) in [5.74, 6) is -0.733. The van der Waals surface area contributed by atoms with Gasteiger partial charge in [0.25, 0.3) is 6.10 Å². The highest BCUT2D eigenvalue weighted by Gasteiger charge is 2.56. The molecule has 5 nitrogen and oxygen atoms in total. The van der Waals surface area contributed by atoms with Gasteiger partial charge in [0.2, 0.25) is 0 Å². The number of carbonyl (C=O) groups excluding carboxylic acids is 2. The zero-order valence-electron chi connectivity index (χ0n) is 11.6. The van der Waals surface area contributed by atoms with Gasteiger partial charge in [-0.05, 0) is 63.2 Å². The number of rotatable bonds is 4. The van der Waals surface area contributed by atoms with Crippen LogP contribution < -0.4 is 0 Å². The molecule has 0 aliphatic heterocycles. The lowest BCUT2D eigenvalue weighted by Gasteiger charge is -2.55. The van der Waals surface area contributed by atoms with E-state index in [-0.39, 0.29) is 0 Å². The van der Waals surface area contributed by atoms with Crippen LogP contribution in [0.3, 0.4) is 0 Å². The predicted molar refractivity (Wildman–Crippen MR) is 68.8 cm³/mol. The van der Waals surface area contributed by atoms with Crippen molar-refractivity contribution in [3.8, 4) is 0 Å². The van der Waals surface area contributed by atoms with Gasteiger partial charge in [0, 0.05) is 0 Å². The van der Waals surface area contributed by atoms with Crippen LogP contribution in [0.4, 0.5) is 0 Å². The topological polar surface area (TPSA) is 80.7 Å². The highest BCUT2D eigenvalue weighted by molar-refractivity contribution is 6.01. The van der Waals surface area contributed by atoms with Crippen molar-refractivity contribution in [3.05, 3.63) is 0 Å². The number of hydrogen-bond donors (Lipinski definition) is 1. The molecule has 1 atom stereocenters. The lowest BCUT2D eigenvalue weighted by atomic mass is 9.49. The zero-order chi connectivity index (χ0) is 14.5. The van der Waals surface area contributed by atoms with E-state index in [1.165, 1.54) is 19.3 Å². The van der Waals surface area contributed by atoms with Gasteiger partial charge < -0.3 is 9.84 Å². The highest BCUT2D eigenvalue weighted by Crippen LogP contribution is 2.60. The average Bonchev–Trinajstić information content (AvgIpc) is 2.32. The van der Waals surface area contributed by atoms with E-state index < -0.39 is 29.2 Å². The van der Waals surface area contributed by atoms with Gasteiger partial charge in [0.15, 0.2) is 5.78 Å². The van der Waals surface area contributed by atoms with Crippen LogP contribution in [-0.2, 0) is 19.1 Å². The van der Waals surface area contributed by atoms with Crippen molar-refractivity contribution in [2.45, 2.75) is 51.6 Å². The van der Waals surface area contributed by atoms with Crippen LogP contribution in [-0.4, -0.2) is 28.9 Å². The molecule has 0 aromatic carbocycles. The second kappa shape index (κ2) is 4.57. The number of hydrogen-bond acceptors (Lipinski definition) is 4. The zero-order valence-corrected chi connectivity index (χ0v) is 11.6. The molecule has 0 aromatic heterocycles. The first-order valence-corrected chi connectivity index (χ1v) is 7.34. The number of carboxylic acids is 1. The first-order chi connectivity index (χ1) is 9.39. The Labute approximate surface area is 117 Å².